The summed E-state index contributed by atoms with van der Waals surface area (Å²) in [4.78, 5) is 0. The third-order valence-corrected chi connectivity index (χ3v) is 1.56. The van der Waals surface area contributed by atoms with E-state index in [0.29, 0.717) is 25.1 Å². The normalized spacial score (nSPS) is 19.8. The summed E-state index contributed by atoms with van der Waals surface area (Å²) in [5, 5.41) is 3.03. The van der Waals surface area contributed by atoms with E-state index in [1.807, 2.05) is 0 Å². The Morgan fingerprint density at radius 1 is 1.33 bits per heavy atom. The fraction of sp³-hybridized carbons (Fsp3) is 1.00. The molecule has 1 heterocycles. The van der Waals surface area contributed by atoms with Crippen molar-refractivity contribution in [1.29, 1.82) is 0 Å². The molecule has 12 heavy (non-hydrogen) atoms. The summed E-state index contributed by atoms with van der Waals surface area (Å²) in [5.74, 6) is 0.667. The highest BCUT2D eigenvalue weighted by Gasteiger charge is 2.19. The van der Waals surface area contributed by atoms with E-state index in [2.05, 4.69) is 5.32 Å². The lowest BCUT2D eigenvalue weighted by Crippen LogP contribution is -2.27. The molecule has 1 atom stereocenters. The summed E-state index contributed by atoms with van der Waals surface area (Å²) in [6.07, 6.45) is 0.400. The molecule has 5 N–H and O–H groups in total. The van der Waals surface area contributed by atoms with Crippen LogP contribution in [-0.2, 0) is 4.74 Å². The zero-order valence-electron chi connectivity index (χ0n) is 7.26. The minimum Gasteiger partial charge on any atom is -0.372 e. The van der Waals surface area contributed by atoms with Crippen molar-refractivity contribution in [2.24, 2.45) is 11.5 Å². The number of hydrogen-bond donors (Lipinski definition) is 3. The number of ether oxygens (including phenoxy) is 1. The largest absolute Gasteiger partial charge is 0.372 e. The summed E-state index contributed by atoms with van der Waals surface area (Å²) in [7, 11) is 0. The molecule has 0 spiro atoms. The van der Waals surface area contributed by atoms with Crippen LogP contribution in [0.15, 0.2) is 0 Å². The van der Waals surface area contributed by atoms with Gasteiger partial charge in [-0.05, 0) is 0 Å². The van der Waals surface area contributed by atoms with Crippen LogP contribution in [-0.4, -0.2) is 44.8 Å². The molecule has 0 saturated carbocycles. The number of alkyl halides is 1. The second kappa shape index (κ2) is 9.22. The van der Waals surface area contributed by atoms with E-state index < -0.39 is 0 Å². The van der Waals surface area contributed by atoms with Crippen molar-refractivity contribution in [2.75, 3.05) is 38.7 Å². The first-order valence-electron chi connectivity index (χ1n) is 4.13. The summed E-state index contributed by atoms with van der Waals surface area (Å²) < 4.78 is 4.73. The van der Waals surface area contributed by atoms with E-state index in [9.17, 15) is 0 Å². The highest BCUT2D eigenvalue weighted by atomic mass is 35.5. The van der Waals surface area contributed by atoms with Gasteiger partial charge in [0, 0.05) is 26.2 Å². The van der Waals surface area contributed by atoms with Crippen molar-refractivity contribution in [1.82, 2.24) is 5.32 Å². The maximum absolute atomic E-state index is 5.27. The van der Waals surface area contributed by atoms with Crippen molar-refractivity contribution in [2.45, 2.75) is 6.10 Å². The highest BCUT2D eigenvalue weighted by Crippen LogP contribution is 2.08. The number of epoxide rings is 1. The van der Waals surface area contributed by atoms with Crippen LogP contribution in [0.1, 0.15) is 0 Å². The van der Waals surface area contributed by atoms with Crippen molar-refractivity contribution in [3.63, 3.8) is 0 Å². The second-order valence-electron chi connectivity index (χ2n) is 2.44. The zero-order chi connectivity index (χ0) is 9.23. The molecule has 4 nitrogen and oxygen atoms in total. The molecular formula is C7H18ClN3O. The predicted octanol–water partition coefficient (Wildman–Crippen LogP) is -0.883. The average molecular weight is 196 g/mol. The molecule has 0 amide bonds. The van der Waals surface area contributed by atoms with Crippen LogP contribution in [0.2, 0.25) is 0 Å². The van der Waals surface area contributed by atoms with Crippen molar-refractivity contribution >= 4 is 11.6 Å². The molecule has 5 heteroatoms. The first-order valence-corrected chi connectivity index (χ1v) is 4.67. The Labute approximate surface area is 78.6 Å². The number of halogens is 1. The third kappa shape index (κ3) is 10.1. The number of hydrogen-bond acceptors (Lipinski definition) is 4. The molecule has 74 valence electrons. The van der Waals surface area contributed by atoms with Crippen LogP contribution in [0.25, 0.3) is 0 Å². The van der Waals surface area contributed by atoms with Crippen LogP contribution in [0.5, 0.6) is 0 Å². The van der Waals surface area contributed by atoms with E-state index in [1.165, 1.54) is 0 Å². The number of nitrogens with two attached hydrogens (primary N) is 2. The third-order valence-electron chi connectivity index (χ3n) is 1.22. The molecule has 0 aliphatic carbocycles. The van der Waals surface area contributed by atoms with E-state index >= 15 is 0 Å². The molecule has 0 bridgehead atoms. The van der Waals surface area contributed by atoms with Crippen LogP contribution in [0.3, 0.4) is 0 Å². The summed E-state index contributed by atoms with van der Waals surface area (Å²) in [6.45, 7) is 4.01. The molecule has 0 aromatic heterocycles. The lowest BCUT2D eigenvalue weighted by atomic mass is 10.6. The Kier molecular flexibility index (Phi) is 9.32. The van der Waals surface area contributed by atoms with Gasteiger partial charge >= 0.3 is 0 Å². The minimum atomic E-state index is 0.400. The van der Waals surface area contributed by atoms with Gasteiger partial charge in [0.25, 0.3) is 0 Å². The molecule has 1 aliphatic rings. The Morgan fingerprint density at radius 3 is 2.00 bits per heavy atom. The van der Waals surface area contributed by atoms with Gasteiger partial charge in [0.2, 0.25) is 0 Å². The molecule has 0 aromatic rings. The monoisotopic (exact) mass is 195 g/mol. The fourth-order valence-corrected chi connectivity index (χ4v) is 0.664. The second-order valence-corrected chi connectivity index (χ2v) is 2.75. The topological polar surface area (TPSA) is 76.6 Å². The van der Waals surface area contributed by atoms with Gasteiger partial charge in [0.15, 0.2) is 0 Å². The van der Waals surface area contributed by atoms with Gasteiger partial charge in [-0.2, -0.15) is 0 Å². The first kappa shape index (κ1) is 12.1. The Morgan fingerprint density at radius 2 is 1.83 bits per heavy atom. The van der Waals surface area contributed by atoms with E-state index in [0.717, 1.165) is 19.7 Å². The van der Waals surface area contributed by atoms with Gasteiger partial charge in [0.05, 0.1) is 18.6 Å². The van der Waals surface area contributed by atoms with Gasteiger partial charge in [-0.15, -0.1) is 11.6 Å². The molecule has 1 aliphatic heterocycles. The van der Waals surface area contributed by atoms with E-state index in [-0.39, 0.29) is 0 Å². The first-order chi connectivity index (χ1) is 5.85. The lowest BCUT2D eigenvalue weighted by Gasteiger charge is -1.95. The SMILES string of the molecule is ClCC1CO1.NCCNCCN. The lowest BCUT2D eigenvalue weighted by molar-refractivity contribution is 0.425. The van der Waals surface area contributed by atoms with Crippen LogP contribution >= 0.6 is 11.6 Å². The van der Waals surface area contributed by atoms with Gasteiger partial charge < -0.3 is 21.5 Å². The van der Waals surface area contributed by atoms with Gasteiger partial charge in [0.1, 0.15) is 0 Å². The maximum Gasteiger partial charge on any atom is 0.0944 e. The summed E-state index contributed by atoms with van der Waals surface area (Å²) >= 11 is 5.27. The molecule has 1 unspecified atom stereocenters. The molecule has 1 saturated heterocycles. The van der Waals surface area contributed by atoms with Crippen molar-refractivity contribution < 1.29 is 4.74 Å². The maximum atomic E-state index is 5.27. The fourth-order valence-electron chi connectivity index (χ4n) is 0.486. The van der Waals surface area contributed by atoms with Gasteiger partial charge in [-0.25, -0.2) is 0 Å². The smallest absolute Gasteiger partial charge is 0.0944 e. The van der Waals surface area contributed by atoms with Crippen molar-refractivity contribution in [3.05, 3.63) is 0 Å². The van der Waals surface area contributed by atoms with E-state index in [4.69, 9.17) is 27.8 Å². The average Bonchev–Trinajstić information content (AvgIpc) is 2.89. The standard InChI is InChI=1S/C4H13N3.C3H5ClO/c5-1-3-7-4-2-6;4-1-3-2-5-3/h7H,1-6H2;3H,1-2H2. The Bertz CT molecular complexity index is 86.7. The summed E-state index contributed by atoms with van der Waals surface area (Å²) in [5.41, 5.74) is 10.3. The van der Waals surface area contributed by atoms with Crippen LogP contribution in [0.4, 0.5) is 0 Å². The molecule has 1 rings (SSSR count). The molecule has 0 aromatic carbocycles. The van der Waals surface area contributed by atoms with Crippen molar-refractivity contribution in [3.8, 4) is 0 Å². The quantitative estimate of drug-likeness (QED) is 0.303. The van der Waals surface area contributed by atoms with Crippen LogP contribution < -0.4 is 16.8 Å². The Hall–Kier alpha value is 0.130. The zero-order valence-corrected chi connectivity index (χ0v) is 8.02. The minimum absolute atomic E-state index is 0.400. The van der Waals surface area contributed by atoms with Gasteiger partial charge in [-0.1, -0.05) is 0 Å². The number of nitrogens with one attached hydrogen (secondary N) is 1. The molecular weight excluding hydrogens is 178 g/mol. The summed E-state index contributed by atoms with van der Waals surface area (Å²) in [6, 6.07) is 0. The predicted molar refractivity (Wildman–Crippen MR) is 51.4 cm³/mol. The van der Waals surface area contributed by atoms with Gasteiger partial charge in [-0.3, -0.25) is 0 Å². The number of rotatable bonds is 5. The molecule has 0 radical (unpaired) electrons. The highest BCUT2D eigenvalue weighted by molar-refractivity contribution is 6.18. The Balaban J connectivity index is 0.000000211. The molecule has 1 fully saturated rings. The van der Waals surface area contributed by atoms with Crippen LogP contribution in [0, 0.1) is 0 Å². The van der Waals surface area contributed by atoms with E-state index in [1.54, 1.807) is 0 Å².